The average molecular weight is 465 g/mol. The van der Waals surface area contributed by atoms with Gasteiger partial charge in [-0.25, -0.2) is 10.2 Å². The van der Waals surface area contributed by atoms with Crippen molar-refractivity contribution in [2.24, 2.45) is 11.0 Å². The zero-order chi connectivity index (χ0) is 24.3. The molecule has 3 N–H and O–H groups in total. The molecule has 0 aliphatic heterocycles. The van der Waals surface area contributed by atoms with Crippen molar-refractivity contribution in [1.82, 2.24) is 5.43 Å². The van der Waals surface area contributed by atoms with Crippen molar-refractivity contribution in [3.05, 3.63) is 76.2 Å². The molecule has 1 heterocycles. The van der Waals surface area contributed by atoms with Gasteiger partial charge in [0.2, 0.25) is 0 Å². The number of benzene rings is 2. The molecule has 0 radical (unpaired) electrons. The lowest BCUT2D eigenvalue weighted by Gasteiger charge is -2.19. The number of nitrogens with zero attached hydrogens (tertiary/aromatic N) is 1. The highest BCUT2D eigenvalue weighted by Gasteiger charge is 2.21. The van der Waals surface area contributed by atoms with E-state index in [4.69, 9.17) is 5.11 Å². The number of hydrogen-bond donors (Lipinski definition) is 3. The van der Waals surface area contributed by atoms with E-state index in [2.05, 4.69) is 43.4 Å². The van der Waals surface area contributed by atoms with Gasteiger partial charge < -0.3 is 10.2 Å². The first-order chi connectivity index (χ1) is 15.5. The van der Waals surface area contributed by atoms with Crippen LogP contribution in [0.4, 0.5) is 0 Å². The summed E-state index contributed by atoms with van der Waals surface area (Å²) in [5.74, 6) is -1.44. The second-order valence-corrected chi connectivity index (χ2v) is 10.0. The van der Waals surface area contributed by atoms with Crippen molar-refractivity contribution in [2.75, 3.05) is 0 Å². The van der Waals surface area contributed by atoms with Crippen molar-refractivity contribution in [2.45, 2.75) is 40.0 Å². The second-order valence-electron chi connectivity index (χ2n) is 9.13. The first-order valence-corrected chi connectivity index (χ1v) is 11.5. The minimum absolute atomic E-state index is 0.0464. The van der Waals surface area contributed by atoms with Crippen molar-refractivity contribution in [3.63, 3.8) is 0 Å². The Kier molecular flexibility index (Phi) is 7.03. The Morgan fingerprint density at radius 1 is 0.970 bits per heavy atom. The zero-order valence-corrected chi connectivity index (χ0v) is 20.2. The molecule has 1 amide bonds. The van der Waals surface area contributed by atoms with Crippen LogP contribution in [-0.4, -0.2) is 27.8 Å². The van der Waals surface area contributed by atoms with Gasteiger partial charge in [0, 0.05) is 10.9 Å². The number of hydrazone groups is 1. The maximum absolute atomic E-state index is 12.5. The molecule has 6 nitrogen and oxygen atoms in total. The monoisotopic (exact) mass is 464 g/mol. The Bertz CT molecular complexity index is 1180. The quantitative estimate of drug-likeness (QED) is 0.312. The van der Waals surface area contributed by atoms with Crippen molar-refractivity contribution in [1.29, 1.82) is 0 Å². The van der Waals surface area contributed by atoms with Crippen molar-refractivity contribution >= 4 is 28.9 Å². The molecule has 0 unspecified atom stereocenters. The molecule has 3 rings (SSSR count). The smallest absolute Gasteiger partial charge is 0.335 e. The SMILES string of the molecule is CC(C)/C(=N\NC(=O)c1ccc(C(=O)O)cc1)c1csc(-c2ccc(C(C)(C)C)cc2)c1O. The molecule has 0 saturated heterocycles. The zero-order valence-electron chi connectivity index (χ0n) is 19.3. The van der Waals surface area contributed by atoms with E-state index < -0.39 is 11.9 Å². The number of carbonyl (C=O) groups is 2. The lowest BCUT2D eigenvalue weighted by Crippen LogP contribution is -2.22. The van der Waals surface area contributed by atoms with Crippen LogP contribution in [0.3, 0.4) is 0 Å². The number of hydrogen-bond acceptors (Lipinski definition) is 5. The molecular weight excluding hydrogens is 436 g/mol. The summed E-state index contributed by atoms with van der Waals surface area (Å²) in [5.41, 5.74) is 6.22. The Balaban J connectivity index is 1.85. The molecule has 0 atom stereocenters. The molecule has 0 saturated carbocycles. The predicted octanol–water partition coefficient (Wildman–Crippen LogP) is 5.91. The predicted molar refractivity (Wildman–Crippen MR) is 132 cm³/mol. The van der Waals surface area contributed by atoms with Crippen LogP contribution in [0.1, 0.15) is 66.5 Å². The van der Waals surface area contributed by atoms with Crippen LogP contribution in [-0.2, 0) is 5.41 Å². The van der Waals surface area contributed by atoms with Gasteiger partial charge in [0.1, 0.15) is 5.75 Å². The van der Waals surface area contributed by atoms with Gasteiger partial charge in [-0.3, -0.25) is 4.79 Å². The van der Waals surface area contributed by atoms with E-state index in [0.717, 1.165) is 10.4 Å². The van der Waals surface area contributed by atoms with Gasteiger partial charge in [0.25, 0.3) is 5.91 Å². The highest BCUT2D eigenvalue weighted by Crippen LogP contribution is 2.40. The Morgan fingerprint density at radius 3 is 2.06 bits per heavy atom. The molecule has 2 aromatic carbocycles. The first kappa shape index (κ1) is 24.2. The number of carboxylic acids is 1. The van der Waals surface area contributed by atoms with Gasteiger partial charge in [-0.15, -0.1) is 11.3 Å². The third-order valence-corrected chi connectivity index (χ3v) is 6.29. The summed E-state index contributed by atoms with van der Waals surface area (Å²) < 4.78 is 0. The van der Waals surface area contributed by atoms with E-state index in [1.54, 1.807) is 0 Å². The number of thiophene rings is 1. The number of aromatic carboxylic acids is 1. The minimum Gasteiger partial charge on any atom is -0.506 e. The number of aromatic hydroxyl groups is 1. The molecule has 0 spiro atoms. The number of amides is 1. The van der Waals surface area contributed by atoms with Crippen LogP contribution >= 0.6 is 11.3 Å². The first-order valence-electron chi connectivity index (χ1n) is 10.6. The van der Waals surface area contributed by atoms with Crippen molar-refractivity contribution in [3.8, 4) is 16.2 Å². The third kappa shape index (κ3) is 5.49. The van der Waals surface area contributed by atoms with Gasteiger partial charge >= 0.3 is 5.97 Å². The maximum atomic E-state index is 12.5. The summed E-state index contributed by atoms with van der Waals surface area (Å²) in [6.07, 6.45) is 0. The molecule has 1 aromatic heterocycles. The van der Waals surface area contributed by atoms with Crippen LogP contribution in [0.25, 0.3) is 10.4 Å². The largest absolute Gasteiger partial charge is 0.506 e. The fourth-order valence-electron chi connectivity index (χ4n) is 3.30. The Labute approximate surface area is 197 Å². The van der Waals surface area contributed by atoms with Crippen molar-refractivity contribution < 1.29 is 19.8 Å². The lowest BCUT2D eigenvalue weighted by molar-refractivity contribution is 0.0696. The molecule has 33 heavy (non-hydrogen) atoms. The third-order valence-electron chi connectivity index (χ3n) is 5.27. The fourth-order valence-corrected chi connectivity index (χ4v) is 4.26. The summed E-state index contributed by atoms with van der Waals surface area (Å²) in [6, 6.07) is 13.8. The Morgan fingerprint density at radius 2 is 1.55 bits per heavy atom. The van der Waals surface area contributed by atoms with Gasteiger partial charge in [-0.05, 0) is 46.7 Å². The molecule has 0 bridgehead atoms. The molecule has 172 valence electrons. The molecule has 7 heteroatoms. The number of carbonyl (C=O) groups excluding carboxylic acids is 1. The maximum Gasteiger partial charge on any atom is 0.335 e. The summed E-state index contributed by atoms with van der Waals surface area (Å²) in [5, 5.41) is 26.1. The van der Waals surface area contributed by atoms with E-state index in [0.29, 0.717) is 16.8 Å². The van der Waals surface area contributed by atoms with Gasteiger partial charge in [0.15, 0.2) is 0 Å². The number of rotatable bonds is 6. The lowest BCUT2D eigenvalue weighted by atomic mass is 9.86. The van der Waals surface area contributed by atoms with Gasteiger partial charge in [-0.2, -0.15) is 5.10 Å². The highest BCUT2D eigenvalue weighted by atomic mass is 32.1. The van der Waals surface area contributed by atoms with Gasteiger partial charge in [-0.1, -0.05) is 58.9 Å². The molecule has 3 aromatic rings. The topological polar surface area (TPSA) is 99.0 Å². The van der Waals surface area contributed by atoms with Crippen LogP contribution < -0.4 is 5.43 Å². The highest BCUT2D eigenvalue weighted by molar-refractivity contribution is 7.14. The van der Waals surface area contributed by atoms with Crippen LogP contribution in [0, 0.1) is 5.92 Å². The minimum atomic E-state index is -1.06. The van der Waals surface area contributed by atoms with E-state index in [1.165, 1.54) is 41.2 Å². The van der Waals surface area contributed by atoms with E-state index >= 15 is 0 Å². The molecular formula is C26H28N2O4S. The van der Waals surface area contributed by atoms with Gasteiger partial charge in [0.05, 0.1) is 21.7 Å². The molecule has 0 fully saturated rings. The summed E-state index contributed by atoms with van der Waals surface area (Å²) in [6.45, 7) is 10.3. The fraction of sp³-hybridized carbons (Fsp3) is 0.269. The van der Waals surface area contributed by atoms with E-state index in [1.807, 2.05) is 31.4 Å². The summed E-state index contributed by atoms with van der Waals surface area (Å²) >= 11 is 1.42. The van der Waals surface area contributed by atoms with E-state index in [9.17, 15) is 14.7 Å². The Hall–Kier alpha value is -3.45. The number of carboxylic acid groups (broad SMARTS) is 1. The molecule has 0 aliphatic rings. The standard InChI is InChI=1S/C26H28N2O4S/c1-15(2)21(27-28-24(30)17-6-8-18(9-7-17)25(31)32)20-14-33-23(22(20)29)16-10-12-19(13-11-16)26(3,4)5/h6-15,29H,1-5H3,(H,28,30)(H,31,32)/b27-21+. The normalized spacial score (nSPS) is 12.1. The number of nitrogens with one attached hydrogen (secondary N) is 1. The van der Waals surface area contributed by atoms with Crippen LogP contribution in [0.15, 0.2) is 59.0 Å². The van der Waals surface area contributed by atoms with Crippen LogP contribution in [0.2, 0.25) is 0 Å². The van der Waals surface area contributed by atoms with E-state index in [-0.39, 0.29) is 22.6 Å². The molecule has 0 aliphatic carbocycles. The second kappa shape index (κ2) is 9.58. The summed E-state index contributed by atoms with van der Waals surface area (Å²) in [7, 11) is 0. The average Bonchev–Trinajstić information content (AvgIpc) is 3.14. The van der Waals surface area contributed by atoms with Crippen LogP contribution in [0.5, 0.6) is 5.75 Å². The summed E-state index contributed by atoms with van der Waals surface area (Å²) in [4.78, 5) is 24.2.